The zero-order valence-electron chi connectivity index (χ0n) is 8.98. The van der Waals surface area contributed by atoms with Crippen molar-refractivity contribution in [2.45, 2.75) is 26.7 Å². The molecule has 0 spiro atoms. The molecule has 0 amide bonds. The second kappa shape index (κ2) is 11.1. The third-order valence-electron chi connectivity index (χ3n) is 1.73. The van der Waals surface area contributed by atoms with E-state index in [0.717, 1.165) is 12.8 Å². The Bertz CT molecular complexity index is 242. The molecule has 0 nitrogen and oxygen atoms in total. The summed E-state index contributed by atoms with van der Waals surface area (Å²) < 4.78 is 0. The van der Waals surface area contributed by atoms with Crippen molar-refractivity contribution in [3.8, 4) is 0 Å². The number of hydrogen-bond donors (Lipinski definition) is 0. The summed E-state index contributed by atoms with van der Waals surface area (Å²) in [5.41, 5.74) is 2.55. The van der Waals surface area contributed by atoms with Crippen LogP contribution in [0.4, 0.5) is 0 Å². The minimum atomic E-state index is 0.125. The molecule has 0 saturated carbocycles. The van der Waals surface area contributed by atoms with Gasteiger partial charge in [0.05, 0.1) is 0 Å². The fourth-order valence-corrected chi connectivity index (χ4v) is 1.03. The van der Waals surface area contributed by atoms with Gasteiger partial charge >= 0.3 is 41.3 Å². The van der Waals surface area contributed by atoms with Gasteiger partial charge in [-0.3, -0.25) is 12.2 Å². The summed E-state index contributed by atoms with van der Waals surface area (Å²) in [6.45, 7) is 4.12. The number of halogens is 2. The van der Waals surface area contributed by atoms with Crippen molar-refractivity contribution >= 4 is 26.3 Å². The van der Waals surface area contributed by atoms with Crippen LogP contribution in [0.5, 0.6) is 0 Å². The van der Waals surface area contributed by atoms with E-state index in [2.05, 4.69) is 76.6 Å². The number of allylic oxidation sites excluding steroid dienone is 8. The van der Waals surface area contributed by atoms with Gasteiger partial charge in [0.25, 0.3) is 0 Å². The van der Waals surface area contributed by atoms with Gasteiger partial charge in [0, 0.05) is 0 Å². The molecule has 0 N–H and O–H groups in total. The van der Waals surface area contributed by atoms with Crippen molar-refractivity contribution in [2.75, 3.05) is 0 Å². The van der Waals surface area contributed by atoms with Gasteiger partial charge in [0.2, 0.25) is 0 Å². The van der Waals surface area contributed by atoms with Crippen LogP contribution in [0, 0.1) is 12.2 Å². The van der Waals surface area contributed by atoms with Crippen molar-refractivity contribution in [3.63, 3.8) is 0 Å². The summed E-state index contributed by atoms with van der Waals surface area (Å²) in [6.07, 6.45) is 16.7. The first-order valence-corrected chi connectivity index (χ1v) is 12.4. The predicted molar refractivity (Wildman–Crippen MR) is 70.2 cm³/mol. The second-order valence-corrected chi connectivity index (χ2v) is 10.9. The first-order valence-electron chi connectivity index (χ1n) is 4.65. The van der Waals surface area contributed by atoms with Crippen LogP contribution in [0.3, 0.4) is 0 Å². The third-order valence-corrected chi connectivity index (χ3v) is 1.73. The molecule has 3 heteroatoms. The molecule has 82 valence electrons. The van der Waals surface area contributed by atoms with Gasteiger partial charge in [0.1, 0.15) is 0 Å². The molecule has 0 aromatic heterocycles. The molecule has 0 unspecified atom stereocenters. The van der Waals surface area contributed by atoms with E-state index < -0.39 is 0 Å². The third kappa shape index (κ3) is 10.9. The Morgan fingerprint density at radius 2 is 1.33 bits per heavy atom. The molecule has 0 atom stereocenters. The van der Waals surface area contributed by atoms with Crippen molar-refractivity contribution in [2.24, 2.45) is 0 Å². The second-order valence-electron chi connectivity index (χ2n) is 3.00. The zero-order valence-corrected chi connectivity index (χ0v) is 13.7. The summed E-state index contributed by atoms with van der Waals surface area (Å²) in [5.74, 6) is 0. The SMILES string of the molecule is CC1=[C-]CC=C1.CC1=[C-]CC=C1.[Br][Ti][Br]. The summed E-state index contributed by atoms with van der Waals surface area (Å²) in [6, 6.07) is 0. The molecule has 2 aliphatic carbocycles. The van der Waals surface area contributed by atoms with Crippen LogP contribution < -0.4 is 0 Å². The molecule has 0 aliphatic heterocycles. The Hall–Kier alpha value is 0.634. The van der Waals surface area contributed by atoms with Gasteiger partial charge in [0.15, 0.2) is 0 Å². The Morgan fingerprint density at radius 1 is 1.00 bits per heavy atom. The Balaban J connectivity index is 0.000000210. The zero-order chi connectivity index (χ0) is 11.5. The first-order chi connectivity index (χ1) is 7.20. The quantitative estimate of drug-likeness (QED) is 0.415. The summed E-state index contributed by atoms with van der Waals surface area (Å²) in [7, 11) is 0. The topological polar surface area (TPSA) is 0 Å². The molecule has 0 fully saturated rings. The van der Waals surface area contributed by atoms with Crippen molar-refractivity contribution in [1.82, 2.24) is 0 Å². The standard InChI is InChI=1S/2C6H7.2BrH.Ti/c2*1-6-4-2-3-5-6;;;/h2*2,4H,3H2,1H3;2*1H;/q2*-1;;;+2/p-2. The predicted octanol–water partition coefficient (Wildman–Crippen LogP) is 5.08. The van der Waals surface area contributed by atoms with Crippen LogP contribution in [-0.4, -0.2) is 0 Å². The van der Waals surface area contributed by atoms with Crippen LogP contribution in [0.15, 0.2) is 35.5 Å². The molecule has 0 heterocycles. The van der Waals surface area contributed by atoms with Gasteiger partial charge in [-0.15, -0.1) is 12.8 Å². The Kier molecular flexibility index (Phi) is 11.6. The van der Waals surface area contributed by atoms with E-state index in [1.807, 2.05) is 0 Å². The van der Waals surface area contributed by atoms with Gasteiger partial charge < -0.3 is 0 Å². The molecular weight excluding hydrogens is 352 g/mol. The molecule has 0 aromatic rings. The summed E-state index contributed by atoms with van der Waals surface area (Å²) in [4.78, 5) is 0. The fraction of sp³-hybridized carbons (Fsp3) is 0.333. The van der Waals surface area contributed by atoms with E-state index in [1.165, 1.54) is 11.1 Å². The maximum atomic E-state index is 3.19. The molecule has 0 saturated heterocycles. The maximum absolute atomic E-state index is 3.19. The normalized spacial score (nSPS) is 15.7. The van der Waals surface area contributed by atoms with Crippen LogP contribution in [-0.2, 0) is 15.0 Å². The average Bonchev–Trinajstić information content (AvgIpc) is 2.81. The van der Waals surface area contributed by atoms with Gasteiger partial charge in [-0.25, -0.2) is 23.3 Å². The van der Waals surface area contributed by atoms with E-state index >= 15 is 0 Å². The minimum absolute atomic E-state index is 0.125. The average molecular weight is 366 g/mol. The molecular formula is C12H14Br2Ti-2. The van der Waals surface area contributed by atoms with E-state index in [-0.39, 0.29) is 15.0 Å². The van der Waals surface area contributed by atoms with Crippen LogP contribution in [0.2, 0.25) is 0 Å². The Labute approximate surface area is 115 Å². The molecule has 2 aliphatic rings. The van der Waals surface area contributed by atoms with Gasteiger partial charge in [-0.1, -0.05) is 13.8 Å². The fourth-order valence-electron chi connectivity index (χ4n) is 1.03. The molecule has 0 aromatic carbocycles. The molecule has 15 heavy (non-hydrogen) atoms. The molecule has 0 bridgehead atoms. The van der Waals surface area contributed by atoms with E-state index in [4.69, 9.17) is 0 Å². The van der Waals surface area contributed by atoms with Gasteiger partial charge in [-0.2, -0.15) is 12.2 Å². The van der Waals surface area contributed by atoms with Crippen molar-refractivity contribution < 1.29 is 15.0 Å². The monoisotopic (exact) mass is 364 g/mol. The van der Waals surface area contributed by atoms with E-state index in [1.54, 1.807) is 0 Å². The first kappa shape index (κ1) is 15.6. The van der Waals surface area contributed by atoms with Crippen LogP contribution in [0.25, 0.3) is 0 Å². The summed E-state index contributed by atoms with van der Waals surface area (Å²) >= 11 is 6.50. The van der Waals surface area contributed by atoms with Crippen LogP contribution in [0.1, 0.15) is 26.7 Å². The van der Waals surface area contributed by atoms with Crippen molar-refractivity contribution in [1.29, 1.82) is 0 Å². The van der Waals surface area contributed by atoms with E-state index in [9.17, 15) is 0 Å². The number of hydrogen-bond acceptors (Lipinski definition) is 0. The van der Waals surface area contributed by atoms with Gasteiger partial charge in [-0.05, 0) is 0 Å². The molecule has 2 rings (SSSR count). The number of rotatable bonds is 0. The van der Waals surface area contributed by atoms with Crippen molar-refractivity contribution in [3.05, 3.63) is 47.6 Å². The van der Waals surface area contributed by atoms with E-state index in [0.29, 0.717) is 0 Å². The van der Waals surface area contributed by atoms with Crippen LogP contribution >= 0.6 is 26.3 Å². The summed E-state index contributed by atoms with van der Waals surface area (Å²) in [5, 5.41) is 0. The Morgan fingerprint density at radius 3 is 1.40 bits per heavy atom. The molecule has 0 radical (unpaired) electrons.